The second-order valence-corrected chi connectivity index (χ2v) is 5.60. The van der Waals surface area contributed by atoms with Crippen molar-refractivity contribution in [2.45, 2.75) is 37.8 Å². The zero-order valence-electron chi connectivity index (χ0n) is 12.3. The highest BCUT2D eigenvalue weighted by atomic mass is 32.1. The fourth-order valence-corrected chi connectivity index (χ4v) is 2.76. The average Bonchev–Trinajstić information content (AvgIpc) is 2.54. The maximum absolute atomic E-state index is 5.51. The Balaban J connectivity index is 1.72. The minimum absolute atomic E-state index is 0.406. The van der Waals surface area contributed by atoms with Crippen LogP contribution in [-0.2, 0) is 4.74 Å². The Bertz CT molecular complexity index is 452. The zero-order chi connectivity index (χ0) is 14.9. The lowest BCUT2D eigenvalue weighted by molar-refractivity contribution is 0.237. The van der Waals surface area contributed by atoms with Gasteiger partial charge in [-0.1, -0.05) is 18.6 Å². The summed E-state index contributed by atoms with van der Waals surface area (Å²) in [4.78, 5) is 4.20. The third-order valence-electron chi connectivity index (χ3n) is 3.66. The highest BCUT2D eigenvalue weighted by Crippen LogP contribution is 2.25. The summed E-state index contributed by atoms with van der Waals surface area (Å²) in [6.45, 7) is 4.91. The number of pyridine rings is 1. The number of nitrogens with one attached hydrogen (secondary N) is 2. The monoisotopic (exact) mass is 305 g/mol. The van der Waals surface area contributed by atoms with E-state index in [0.717, 1.165) is 6.42 Å². The molecule has 5 heteroatoms. The van der Waals surface area contributed by atoms with Crippen molar-refractivity contribution in [2.75, 3.05) is 13.2 Å². The van der Waals surface area contributed by atoms with Crippen LogP contribution in [0.2, 0.25) is 0 Å². The number of piperidine rings is 1. The molecule has 2 N–H and O–H groups in total. The first-order chi connectivity index (χ1) is 10.3. The summed E-state index contributed by atoms with van der Waals surface area (Å²) in [6.07, 6.45) is 10.1. The van der Waals surface area contributed by atoms with Gasteiger partial charge in [-0.15, -0.1) is 6.58 Å². The highest BCUT2D eigenvalue weighted by molar-refractivity contribution is 7.80. The van der Waals surface area contributed by atoms with E-state index in [-0.39, 0.29) is 0 Å². The summed E-state index contributed by atoms with van der Waals surface area (Å²) < 4.78 is 5.51. The molecule has 0 amide bonds. The molecule has 1 aliphatic rings. The van der Waals surface area contributed by atoms with Crippen LogP contribution in [0.3, 0.4) is 0 Å². The van der Waals surface area contributed by atoms with E-state index >= 15 is 0 Å². The van der Waals surface area contributed by atoms with Crippen molar-refractivity contribution in [3.63, 3.8) is 0 Å². The highest BCUT2D eigenvalue weighted by Gasteiger charge is 2.22. The Morgan fingerprint density at radius 1 is 1.57 bits per heavy atom. The molecule has 1 aromatic heterocycles. The Hall–Kier alpha value is -1.46. The molecule has 0 bridgehead atoms. The van der Waals surface area contributed by atoms with Crippen molar-refractivity contribution in [1.82, 2.24) is 15.6 Å². The summed E-state index contributed by atoms with van der Waals surface area (Å²) in [6, 6.07) is 5.01. The predicted octanol–water partition coefficient (Wildman–Crippen LogP) is 2.73. The maximum Gasteiger partial charge on any atom is 0.256 e. The summed E-state index contributed by atoms with van der Waals surface area (Å²) in [5, 5.41) is 7.11. The van der Waals surface area contributed by atoms with Gasteiger partial charge in [-0.25, -0.2) is 0 Å². The molecule has 0 aromatic carbocycles. The molecule has 2 heterocycles. The van der Waals surface area contributed by atoms with E-state index in [0.29, 0.717) is 30.4 Å². The Morgan fingerprint density at radius 2 is 2.48 bits per heavy atom. The number of nitrogens with zero attached hydrogens (tertiary/aromatic N) is 1. The second-order valence-electron chi connectivity index (χ2n) is 5.23. The standard InChI is InChI=1S/C16H23N3OS/c1-2-9-18-16(21)20-11-8-14-6-3-7-15(19-14)13-5-4-10-17-12-13/h2,4-5,10,12,14-15,19H,1,3,6-9,11H2,(H,18,21)/t14-,15+/m0/s1. The van der Waals surface area contributed by atoms with E-state index in [1.807, 2.05) is 18.5 Å². The van der Waals surface area contributed by atoms with Gasteiger partial charge in [0, 0.05) is 31.0 Å². The summed E-state index contributed by atoms with van der Waals surface area (Å²) >= 11 is 5.08. The predicted molar refractivity (Wildman–Crippen MR) is 89.1 cm³/mol. The van der Waals surface area contributed by atoms with E-state index < -0.39 is 0 Å². The van der Waals surface area contributed by atoms with Gasteiger partial charge >= 0.3 is 0 Å². The first-order valence-electron chi connectivity index (χ1n) is 7.47. The molecule has 0 saturated carbocycles. The number of aromatic nitrogens is 1. The first-order valence-corrected chi connectivity index (χ1v) is 7.88. The lowest BCUT2D eigenvalue weighted by atomic mass is 9.93. The van der Waals surface area contributed by atoms with Gasteiger partial charge in [0.05, 0.1) is 6.61 Å². The molecule has 0 aliphatic carbocycles. The van der Waals surface area contributed by atoms with Crippen molar-refractivity contribution >= 4 is 17.4 Å². The summed E-state index contributed by atoms with van der Waals surface area (Å²) in [5.41, 5.74) is 1.27. The minimum Gasteiger partial charge on any atom is -0.471 e. The van der Waals surface area contributed by atoms with Crippen molar-refractivity contribution < 1.29 is 4.74 Å². The number of ether oxygens (including phenoxy) is 1. The number of hydrogen-bond donors (Lipinski definition) is 2. The molecule has 0 unspecified atom stereocenters. The van der Waals surface area contributed by atoms with Crippen molar-refractivity contribution in [1.29, 1.82) is 0 Å². The third kappa shape index (κ3) is 5.44. The minimum atomic E-state index is 0.406. The lowest BCUT2D eigenvalue weighted by Crippen LogP contribution is -2.38. The smallest absolute Gasteiger partial charge is 0.256 e. The molecular formula is C16H23N3OS. The van der Waals surface area contributed by atoms with Gasteiger partial charge in [0.2, 0.25) is 0 Å². The fourth-order valence-electron chi connectivity index (χ4n) is 2.59. The largest absolute Gasteiger partial charge is 0.471 e. The molecular weight excluding hydrogens is 282 g/mol. The first kappa shape index (κ1) is 15.9. The van der Waals surface area contributed by atoms with Gasteiger partial charge in [-0.05, 0) is 43.1 Å². The zero-order valence-corrected chi connectivity index (χ0v) is 13.1. The molecule has 1 saturated heterocycles. The Morgan fingerprint density at radius 3 is 3.24 bits per heavy atom. The summed E-state index contributed by atoms with van der Waals surface area (Å²) in [7, 11) is 0. The molecule has 2 atom stereocenters. The lowest BCUT2D eigenvalue weighted by Gasteiger charge is -2.31. The Labute approximate surface area is 132 Å². The van der Waals surface area contributed by atoms with Crippen LogP contribution in [0.15, 0.2) is 37.2 Å². The van der Waals surface area contributed by atoms with Gasteiger partial charge in [0.1, 0.15) is 0 Å². The van der Waals surface area contributed by atoms with Crippen LogP contribution in [0, 0.1) is 0 Å². The van der Waals surface area contributed by atoms with E-state index in [1.54, 1.807) is 6.08 Å². The van der Waals surface area contributed by atoms with E-state index in [4.69, 9.17) is 17.0 Å². The van der Waals surface area contributed by atoms with Crippen LogP contribution < -0.4 is 10.6 Å². The SMILES string of the molecule is C=CCNC(=S)OCC[C@@H]1CCC[C@H](c2cccnc2)N1. The third-order valence-corrected chi connectivity index (χ3v) is 3.92. The van der Waals surface area contributed by atoms with E-state index in [9.17, 15) is 0 Å². The average molecular weight is 305 g/mol. The molecule has 1 aliphatic heterocycles. The van der Waals surface area contributed by atoms with Crippen molar-refractivity contribution in [3.8, 4) is 0 Å². The molecule has 21 heavy (non-hydrogen) atoms. The molecule has 114 valence electrons. The van der Waals surface area contributed by atoms with Gasteiger partial charge in [-0.2, -0.15) is 0 Å². The van der Waals surface area contributed by atoms with Crippen LogP contribution >= 0.6 is 12.2 Å². The number of thiocarbonyl (C=S) groups is 1. The van der Waals surface area contributed by atoms with E-state index in [1.165, 1.54) is 24.8 Å². The van der Waals surface area contributed by atoms with Crippen LogP contribution in [0.25, 0.3) is 0 Å². The molecule has 0 radical (unpaired) electrons. The molecule has 4 nitrogen and oxygen atoms in total. The molecule has 2 rings (SSSR count). The quantitative estimate of drug-likeness (QED) is 0.625. The van der Waals surface area contributed by atoms with Crippen molar-refractivity contribution in [3.05, 3.63) is 42.7 Å². The van der Waals surface area contributed by atoms with Gasteiger partial charge in [0.25, 0.3) is 5.17 Å². The van der Waals surface area contributed by atoms with Crippen molar-refractivity contribution in [2.24, 2.45) is 0 Å². The molecule has 1 aromatic rings. The van der Waals surface area contributed by atoms with Crippen LogP contribution in [-0.4, -0.2) is 29.4 Å². The van der Waals surface area contributed by atoms with E-state index in [2.05, 4.69) is 28.3 Å². The Kier molecular flexibility index (Phi) is 6.63. The normalized spacial score (nSPS) is 21.5. The molecule has 1 fully saturated rings. The van der Waals surface area contributed by atoms with Gasteiger partial charge < -0.3 is 15.4 Å². The van der Waals surface area contributed by atoms with Gasteiger partial charge in [-0.3, -0.25) is 4.98 Å². The van der Waals surface area contributed by atoms with Gasteiger partial charge in [0.15, 0.2) is 0 Å². The van der Waals surface area contributed by atoms with Crippen LogP contribution in [0.5, 0.6) is 0 Å². The maximum atomic E-state index is 5.51. The molecule has 0 spiro atoms. The number of hydrogen-bond acceptors (Lipinski definition) is 4. The fraction of sp³-hybridized carbons (Fsp3) is 0.500. The second kappa shape index (κ2) is 8.74. The van der Waals surface area contributed by atoms with Crippen LogP contribution in [0.1, 0.15) is 37.3 Å². The summed E-state index contributed by atoms with van der Waals surface area (Å²) in [5.74, 6) is 0. The van der Waals surface area contributed by atoms with Crippen LogP contribution in [0.4, 0.5) is 0 Å². The topological polar surface area (TPSA) is 46.2 Å². The number of rotatable bonds is 6.